The van der Waals surface area contributed by atoms with Crippen LogP contribution < -0.4 is 16.0 Å². The summed E-state index contributed by atoms with van der Waals surface area (Å²) in [6.07, 6.45) is 6.00. The first-order chi connectivity index (χ1) is 10.3. The molecule has 0 unspecified atom stereocenters. The summed E-state index contributed by atoms with van der Waals surface area (Å²) < 4.78 is 0. The van der Waals surface area contributed by atoms with Crippen LogP contribution in [0.1, 0.15) is 12.0 Å². The van der Waals surface area contributed by atoms with Crippen LogP contribution in [0.25, 0.3) is 0 Å². The standard InChI is InChI=1S/C14H17N5O2/c15-7-13(10-17-5-2-6-18-11-20)14(21)19-9-12-3-1-4-16-8-12/h1,3-4,8,10-11,17H,2,5-6,9H2,(H,18,20)(H,19,21)/b13-10-. The Morgan fingerprint density at radius 3 is 2.86 bits per heavy atom. The van der Waals surface area contributed by atoms with Crippen molar-refractivity contribution in [2.75, 3.05) is 13.1 Å². The van der Waals surface area contributed by atoms with E-state index >= 15 is 0 Å². The molecule has 0 aliphatic rings. The minimum atomic E-state index is -0.445. The second-order valence-electron chi connectivity index (χ2n) is 4.09. The summed E-state index contributed by atoms with van der Waals surface area (Å²) in [5.41, 5.74) is 0.860. The van der Waals surface area contributed by atoms with E-state index in [-0.39, 0.29) is 5.57 Å². The normalized spacial score (nSPS) is 10.3. The Labute approximate surface area is 123 Å². The van der Waals surface area contributed by atoms with Gasteiger partial charge in [0.15, 0.2) is 0 Å². The first-order valence-electron chi connectivity index (χ1n) is 6.45. The number of nitrogens with zero attached hydrogens (tertiary/aromatic N) is 2. The van der Waals surface area contributed by atoms with Crippen molar-refractivity contribution in [3.63, 3.8) is 0 Å². The Morgan fingerprint density at radius 1 is 1.38 bits per heavy atom. The molecule has 3 N–H and O–H groups in total. The molecule has 0 fully saturated rings. The highest BCUT2D eigenvalue weighted by atomic mass is 16.1. The summed E-state index contributed by atoms with van der Waals surface area (Å²) in [6.45, 7) is 1.41. The number of hydrogen-bond acceptors (Lipinski definition) is 5. The van der Waals surface area contributed by atoms with E-state index in [2.05, 4.69) is 20.9 Å². The molecular formula is C14H17N5O2. The zero-order valence-corrected chi connectivity index (χ0v) is 11.5. The molecule has 1 aromatic heterocycles. The molecule has 0 saturated carbocycles. The van der Waals surface area contributed by atoms with E-state index in [4.69, 9.17) is 5.26 Å². The van der Waals surface area contributed by atoms with Gasteiger partial charge in [0, 0.05) is 38.2 Å². The Hall–Kier alpha value is -2.88. The van der Waals surface area contributed by atoms with Crippen molar-refractivity contribution in [1.29, 1.82) is 5.26 Å². The maximum atomic E-state index is 11.8. The van der Waals surface area contributed by atoms with Crippen LogP contribution in [0.2, 0.25) is 0 Å². The van der Waals surface area contributed by atoms with E-state index < -0.39 is 5.91 Å². The first kappa shape index (κ1) is 16.2. The van der Waals surface area contributed by atoms with E-state index in [0.29, 0.717) is 32.5 Å². The van der Waals surface area contributed by atoms with Crippen LogP contribution >= 0.6 is 0 Å². The SMILES string of the molecule is N#C/C(=C/NCCCNC=O)C(=O)NCc1cccnc1. The van der Waals surface area contributed by atoms with Crippen molar-refractivity contribution in [3.05, 3.63) is 41.9 Å². The number of aromatic nitrogens is 1. The molecule has 0 radical (unpaired) electrons. The fraction of sp³-hybridized carbons (Fsp3) is 0.286. The van der Waals surface area contributed by atoms with Gasteiger partial charge in [-0.3, -0.25) is 14.6 Å². The first-order valence-corrected chi connectivity index (χ1v) is 6.45. The van der Waals surface area contributed by atoms with Gasteiger partial charge in [0.2, 0.25) is 6.41 Å². The summed E-state index contributed by atoms with van der Waals surface area (Å²) in [6, 6.07) is 5.45. The molecule has 0 saturated heterocycles. The molecular weight excluding hydrogens is 270 g/mol. The van der Waals surface area contributed by atoms with Gasteiger partial charge in [-0.05, 0) is 18.1 Å². The van der Waals surface area contributed by atoms with Crippen molar-refractivity contribution >= 4 is 12.3 Å². The number of nitriles is 1. The number of carbonyl (C=O) groups is 2. The van der Waals surface area contributed by atoms with E-state index in [1.165, 1.54) is 6.20 Å². The van der Waals surface area contributed by atoms with Crippen molar-refractivity contribution in [2.45, 2.75) is 13.0 Å². The van der Waals surface area contributed by atoms with Crippen LogP contribution in [0.5, 0.6) is 0 Å². The maximum absolute atomic E-state index is 11.8. The molecule has 21 heavy (non-hydrogen) atoms. The molecule has 0 aliphatic heterocycles. The van der Waals surface area contributed by atoms with E-state index in [0.717, 1.165) is 5.56 Å². The maximum Gasteiger partial charge on any atom is 0.263 e. The van der Waals surface area contributed by atoms with Gasteiger partial charge in [-0.25, -0.2) is 0 Å². The average Bonchev–Trinajstić information content (AvgIpc) is 2.53. The third-order valence-electron chi connectivity index (χ3n) is 2.51. The van der Waals surface area contributed by atoms with Crippen LogP contribution in [0, 0.1) is 11.3 Å². The lowest BCUT2D eigenvalue weighted by Gasteiger charge is -2.05. The summed E-state index contributed by atoms with van der Waals surface area (Å²) in [7, 11) is 0. The average molecular weight is 287 g/mol. The third kappa shape index (κ3) is 6.73. The fourth-order valence-corrected chi connectivity index (χ4v) is 1.45. The van der Waals surface area contributed by atoms with Crippen molar-refractivity contribution in [2.24, 2.45) is 0 Å². The van der Waals surface area contributed by atoms with Gasteiger partial charge >= 0.3 is 0 Å². The minimum Gasteiger partial charge on any atom is -0.390 e. The highest BCUT2D eigenvalue weighted by Gasteiger charge is 2.07. The van der Waals surface area contributed by atoms with Crippen LogP contribution in [0.3, 0.4) is 0 Å². The molecule has 1 rings (SSSR count). The van der Waals surface area contributed by atoms with Gasteiger partial charge in [-0.1, -0.05) is 6.07 Å². The van der Waals surface area contributed by atoms with Crippen LogP contribution in [0.15, 0.2) is 36.3 Å². The molecule has 0 aliphatic carbocycles. The number of carbonyl (C=O) groups excluding carboxylic acids is 2. The number of rotatable bonds is 9. The van der Waals surface area contributed by atoms with Gasteiger partial charge in [0.1, 0.15) is 11.6 Å². The van der Waals surface area contributed by atoms with Gasteiger partial charge in [0.25, 0.3) is 5.91 Å². The molecule has 7 nitrogen and oxygen atoms in total. The molecule has 110 valence electrons. The van der Waals surface area contributed by atoms with Gasteiger partial charge in [-0.15, -0.1) is 0 Å². The van der Waals surface area contributed by atoms with E-state index in [1.807, 2.05) is 12.1 Å². The van der Waals surface area contributed by atoms with Gasteiger partial charge in [0.05, 0.1) is 0 Å². The highest BCUT2D eigenvalue weighted by Crippen LogP contribution is 1.96. The lowest BCUT2D eigenvalue weighted by atomic mass is 10.2. The second kappa shape index (κ2) is 9.97. The van der Waals surface area contributed by atoms with Gasteiger partial charge in [-0.2, -0.15) is 5.26 Å². The number of hydrogen-bond donors (Lipinski definition) is 3. The fourth-order valence-electron chi connectivity index (χ4n) is 1.45. The molecule has 7 heteroatoms. The van der Waals surface area contributed by atoms with E-state index in [9.17, 15) is 9.59 Å². The topological polar surface area (TPSA) is 107 Å². The molecule has 0 aromatic carbocycles. The van der Waals surface area contributed by atoms with Crippen molar-refractivity contribution in [3.8, 4) is 6.07 Å². The molecule has 1 heterocycles. The molecule has 2 amide bonds. The molecule has 0 bridgehead atoms. The number of nitrogens with one attached hydrogen (secondary N) is 3. The predicted octanol–water partition coefficient (Wildman–Crippen LogP) is -0.169. The molecule has 0 atom stereocenters. The lowest BCUT2D eigenvalue weighted by Crippen LogP contribution is -2.25. The van der Waals surface area contributed by atoms with Crippen LogP contribution in [-0.4, -0.2) is 30.4 Å². The largest absolute Gasteiger partial charge is 0.390 e. The number of amides is 2. The highest BCUT2D eigenvalue weighted by molar-refractivity contribution is 5.97. The molecule has 0 spiro atoms. The van der Waals surface area contributed by atoms with Crippen molar-refractivity contribution in [1.82, 2.24) is 20.9 Å². The van der Waals surface area contributed by atoms with Crippen LogP contribution in [-0.2, 0) is 16.1 Å². The second-order valence-corrected chi connectivity index (χ2v) is 4.09. The van der Waals surface area contributed by atoms with Gasteiger partial charge < -0.3 is 16.0 Å². The molecule has 1 aromatic rings. The summed E-state index contributed by atoms with van der Waals surface area (Å²) in [5.74, 6) is -0.445. The monoisotopic (exact) mass is 287 g/mol. The summed E-state index contributed by atoms with van der Waals surface area (Å²) in [5, 5.41) is 17.0. The predicted molar refractivity (Wildman–Crippen MR) is 76.5 cm³/mol. The quantitative estimate of drug-likeness (QED) is 0.253. The van der Waals surface area contributed by atoms with E-state index in [1.54, 1.807) is 18.5 Å². The smallest absolute Gasteiger partial charge is 0.263 e. The van der Waals surface area contributed by atoms with Crippen LogP contribution in [0.4, 0.5) is 0 Å². The summed E-state index contributed by atoms with van der Waals surface area (Å²) >= 11 is 0. The summed E-state index contributed by atoms with van der Waals surface area (Å²) in [4.78, 5) is 25.8. The Kier molecular flexibility index (Phi) is 7.68. The minimum absolute atomic E-state index is 0.00207. The lowest BCUT2D eigenvalue weighted by molar-refractivity contribution is -0.117. The Morgan fingerprint density at radius 2 is 2.19 bits per heavy atom. The Balaban J connectivity index is 2.35. The zero-order valence-electron chi connectivity index (χ0n) is 11.5. The zero-order chi connectivity index (χ0) is 15.3. The number of pyridine rings is 1. The van der Waals surface area contributed by atoms with Crippen molar-refractivity contribution < 1.29 is 9.59 Å². The third-order valence-corrected chi connectivity index (χ3v) is 2.51. The Bertz CT molecular complexity index is 522.